The van der Waals surface area contributed by atoms with E-state index < -0.39 is 0 Å². The highest BCUT2D eigenvalue weighted by Gasteiger charge is 2.35. The van der Waals surface area contributed by atoms with Crippen molar-refractivity contribution in [2.75, 3.05) is 13.7 Å². The van der Waals surface area contributed by atoms with Crippen LogP contribution in [0.3, 0.4) is 0 Å². The van der Waals surface area contributed by atoms with Crippen LogP contribution in [0.25, 0.3) is 0 Å². The Morgan fingerprint density at radius 1 is 1.28 bits per heavy atom. The topological polar surface area (TPSA) is 21.3 Å². The lowest BCUT2D eigenvalue weighted by Gasteiger charge is -2.36. The van der Waals surface area contributed by atoms with E-state index in [0.717, 1.165) is 29.5 Å². The average molecular weight is 245 g/mol. The van der Waals surface area contributed by atoms with Gasteiger partial charge in [-0.1, -0.05) is 19.1 Å². The molecule has 0 radical (unpaired) electrons. The monoisotopic (exact) mass is 245 g/mol. The molecule has 0 spiro atoms. The third-order valence-electron chi connectivity index (χ3n) is 4.65. The van der Waals surface area contributed by atoms with Gasteiger partial charge in [-0.25, -0.2) is 0 Å². The second kappa shape index (κ2) is 4.93. The lowest BCUT2D eigenvalue weighted by atomic mass is 9.76. The van der Waals surface area contributed by atoms with Crippen LogP contribution in [0.1, 0.15) is 37.7 Å². The summed E-state index contributed by atoms with van der Waals surface area (Å²) in [6.45, 7) is 3.59. The Kier molecular flexibility index (Phi) is 3.29. The Labute approximate surface area is 110 Å². The van der Waals surface area contributed by atoms with Crippen LogP contribution in [-0.4, -0.2) is 19.7 Å². The molecule has 3 rings (SSSR count). The Morgan fingerprint density at radius 3 is 2.72 bits per heavy atom. The van der Waals surface area contributed by atoms with E-state index in [1.165, 1.54) is 31.4 Å². The highest BCUT2D eigenvalue weighted by molar-refractivity contribution is 5.32. The van der Waals surface area contributed by atoms with E-state index in [2.05, 4.69) is 30.4 Å². The van der Waals surface area contributed by atoms with Gasteiger partial charge in [-0.3, -0.25) is 0 Å². The molecule has 98 valence electrons. The predicted octanol–water partition coefficient (Wildman–Crippen LogP) is 3.19. The maximum absolute atomic E-state index is 5.28. The summed E-state index contributed by atoms with van der Waals surface area (Å²) in [5.41, 5.74) is 1.44. The fraction of sp³-hybridized carbons (Fsp3) is 0.625. The Morgan fingerprint density at radius 2 is 2.06 bits per heavy atom. The smallest absolute Gasteiger partial charge is 0.119 e. The Balaban J connectivity index is 1.46. The molecule has 2 heteroatoms. The largest absolute Gasteiger partial charge is 0.497 e. The molecule has 0 aliphatic heterocycles. The first-order valence-corrected chi connectivity index (χ1v) is 7.13. The minimum Gasteiger partial charge on any atom is -0.497 e. The van der Waals surface area contributed by atoms with Gasteiger partial charge in [-0.05, 0) is 61.3 Å². The summed E-state index contributed by atoms with van der Waals surface area (Å²) < 4.78 is 5.28. The molecule has 2 atom stereocenters. The molecule has 18 heavy (non-hydrogen) atoms. The molecule has 1 aromatic carbocycles. The molecule has 2 saturated carbocycles. The summed E-state index contributed by atoms with van der Waals surface area (Å²) in [6.07, 6.45) is 4.00. The van der Waals surface area contributed by atoms with Gasteiger partial charge in [0.15, 0.2) is 0 Å². The van der Waals surface area contributed by atoms with Gasteiger partial charge in [0.25, 0.3) is 0 Å². The van der Waals surface area contributed by atoms with Crippen molar-refractivity contribution in [1.82, 2.24) is 5.32 Å². The normalized spacial score (nSPS) is 33.9. The lowest BCUT2D eigenvalue weighted by Crippen LogP contribution is -2.41. The number of nitrogens with one attached hydrogen (secondary N) is 1. The number of methoxy groups -OCH3 is 1. The fourth-order valence-corrected chi connectivity index (χ4v) is 2.95. The summed E-state index contributed by atoms with van der Waals surface area (Å²) >= 11 is 0. The molecule has 1 aromatic rings. The van der Waals surface area contributed by atoms with Crippen LogP contribution >= 0.6 is 0 Å². The van der Waals surface area contributed by atoms with Crippen molar-refractivity contribution in [3.63, 3.8) is 0 Å². The molecule has 0 aromatic heterocycles. The van der Waals surface area contributed by atoms with Crippen molar-refractivity contribution in [3.05, 3.63) is 29.8 Å². The van der Waals surface area contributed by atoms with Crippen molar-refractivity contribution in [1.29, 1.82) is 0 Å². The minimum atomic E-state index is 0.731. The lowest BCUT2D eigenvalue weighted by molar-refractivity contribution is 0.286. The first kappa shape index (κ1) is 12.0. The quantitative estimate of drug-likeness (QED) is 0.860. The van der Waals surface area contributed by atoms with Crippen LogP contribution in [0, 0.1) is 11.8 Å². The minimum absolute atomic E-state index is 0.731. The van der Waals surface area contributed by atoms with Gasteiger partial charge in [0, 0.05) is 6.04 Å². The molecule has 2 aliphatic rings. The summed E-state index contributed by atoms with van der Waals surface area (Å²) in [6, 6.07) is 9.28. The summed E-state index contributed by atoms with van der Waals surface area (Å²) in [4.78, 5) is 0. The molecular formula is C16H23NO. The molecule has 0 heterocycles. The van der Waals surface area contributed by atoms with Crippen molar-refractivity contribution < 1.29 is 4.74 Å². The predicted molar refractivity (Wildman–Crippen MR) is 74.0 cm³/mol. The zero-order valence-electron chi connectivity index (χ0n) is 11.4. The molecule has 0 bridgehead atoms. The van der Waals surface area contributed by atoms with E-state index >= 15 is 0 Å². The van der Waals surface area contributed by atoms with Crippen LogP contribution in [0.2, 0.25) is 0 Å². The van der Waals surface area contributed by atoms with Gasteiger partial charge < -0.3 is 10.1 Å². The molecule has 2 fully saturated rings. The number of benzene rings is 1. The van der Waals surface area contributed by atoms with Crippen LogP contribution < -0.4 is 10.1 Å². The second-order valence-corrected chi connectivity index (χ2v) is 6.02. The van der Waals surface area contributed by atoms with E-state index in [1.807, 2.05) is 6.07 Å². The molecule has 2 nitrogen and oxygen atoms in total. The molecule has 0 amide bonds. The van der Waals surface area contributed by atoms with E-state index in [0.29, 0.717) is 0 Å². The Hall–Kier alpha value is -1.02. The zero-order valence-corrected chi connectivity index (χ0v) is 11.4. The number of hydrogen-bond donors (Lipinski definition) is 1. The molecule has 0 saturated heterocycles. The van der Waals surface area contributed by atoms with E-state index in [9.17, 15) is 0 Å². The van der Waals surface area contributed by atoms with Crippen LogP contribution in [0.5, 0.6) is 5.75 Å². The first-order chi connectivity index (χ1) is 8.76. The maximum atomic E-state index is 5.28. The summed E-state index contributed by atoms with van der Waals surface area (Å²) in [7, 11) is 1.74. The fourth-order valence-electron chi connectivity index (χ4n) is 2.95. The highest BCUT2D eigenvalue weighted by Crippen LogP contribution is 2.40. The van der Waals surface area contributed by atoms with Gasteiger partial charge in [0.2, 0.25) is 0 Å². The number of hydrogen-bond acceptors (Lipinski definition) is 2. The van der Waals surface area contributed by atoms with E-state index in [1.54, 1.807) is 7.11 Å². The second-order valence-electron chi connectivity index (χ2n) is 6.02. The van der Waals surface area contributed by atoms with Gasteiger partial charge in [-0.2, -0.15) is 0 Å². The average Bonchev–Trinajstić information content (AvgIpc) is 3.04. The van der Waals surface area contributed by atoms with Crippen molar-refractivity contribution >= 4 is 0 Å². The van der Waals surface area contributed by atoms with Crippen molar-refractivity contribution in [2.45, 2.75) is 38.1 Å². The Bertz CT molecular complexity index is 411. The third kappa shape index (κ3) is 2.54. The van der Waals surface area contributed by atoms with Crippen molar-refractivity contribution in [2.24, 2.45) is 11.8 Å². The van der Waals surface area contributed by atoms with Crippen LogP contribution in [0.15, 0.2) is 24.3 Å². The summed E-state index contributed by atoms with van der Waals surface area (Å²) in [5.74, 6) is 3.64. The van der Waals surface area contributed by atoms with Crippen molar-refractivity contribution in [3.8, 4) is 5.75 Å². The number of rotatable bonds is 5. The first-order valence-electron chi connectivity index (χ1n) is 7.13. The van der Waals surface area contributed by atoms with Gasteiger partial charge >= 0.3 is 0 Å². The zero-order chi connectivity index (χ0) is 12.5. The standard InChI is InChI=1S/C16H23NO/c1-11-6-14(11)10-17-15-7-13(8-15)12-4-3-5-16(9-12)18-2/h3-5,9,11,13-15,17H,6-8,10H2,1-2H3. The SMILES string of the molecule is COc1cccc(C2CC(NCC3CC3C)C2)c1. The maximum Gasteiger partial charge on any atom is 0.119 e. The van der Waals surface area contributed by atoms with E-state index in [4.69, 9.17) is 4.74 Å². The van der Waals surface area contributed by atoms with Gasteiger partial charge in [-0.15, -0.1) is 0 Å². The highest BCUT2D eigenvalue weighted by atomic mass is 16.5. The van der Waals surface area contributed by atoms with Crippen LogP contribution in [0.4, 0.5) is 0 Å². The molecule has 2 unspecified atom stereocenters. The van der Waals surface area contributed by atoms with E-state index in [-0.39, 0.29) is 0 Å². The number of ether oxygens (including phenoxy) is 1. The summed E-state index contributed by atoms with van der Waals surface area (Å²) in [5, 5.41) is 3.71. The van der Waals surface area contributed by atoms with Gasteiger partial charge in [0.1, 0.15) is 5.75 Å². The molecule has 1 N–H and O–H groups in total. The molecule has 2 aliphatic carbocycles. The van der Waals surface area contributed by atoms with Gasteiger partial charge in [0.05, 0.1) is 7.11 Å². The van der Waals surface area contributed by atoms with Crippen LogP contribution in [-0.2, 0) is 0 Å². The molecular weight excluding hydrogens is 222 g/mol. The third-order valence-corrected chi connectivity index (χ3v) is 4.65.